The lowest BCUT2D eigenvalue weighted by molar-refractivity contribution is 0.0689. The molecule has 0 saturated heterocycles. The molecular weight excluding hydrogens is 316 g/mol. The smallest absolute Gasteiger partial charge is 0.354 e. The number of aromatic nitrogens is 4. The molecule has 0 radical (unpaired) electrons. The van der Waals surface area contributed by atoms with Crippen molar-refractivity contribution in [1.82, 2.24) is 20.0 Å². The van der Waals surface area contributed by atoms with Crippen LogP contribution in [0.15, 0.2) is 24.3 Å². The number of fused-ring (bicyclic) bond motifs is 3. The molecule has 0 amide bonds. The summed E-state index contributed by atoms with van der Waals surface area (Å²) in [5.41, 5.74) is 5.28. The van der Waals surface area contributed by atoms with Crippen LogP contribution in [0.1, 0.15) is 21.7 Å². The fourth-order valence-corrected chi connectivity index (χ4v) is 3.27. The van der Waals surface area contributed by atoms with Gasteiger partial charge in [-0.2, -0.15) is 10.2 Å². The third-order valence-electron chi connectivity index (χ3n) is 4.21. The molecule has 2 heterocycles. The summed E-state index contributed by atoms with van der Waals surface area (Å²) in [5, 5.41) is 21.5. The van der Waals surface area contributed by atoms with Gasteiger partial charge in [0, 0.05) is 28.9 Å². The molecule has 0 saturated carbocycles. The fourth-order valence-electron chi connectivity index (χ4n) is 3.14. The number of H-pyrrole nitrogens is 1. The standard InChI is InChI=1S/C16H13ClN4O2/c1-21-11-7-6-10-14(18-19-15(10)16(22)23)12(11)13(20-21)8-2-4-9(17)5-3-8/h2-5H,6-7H2,1H3,(H,18,19)(H,22,23). The number of carboxylic acids is 1. The number of aromatic carboxylic acids is 1. The zero-order valence-electron chi connectivity index (χ0n) is 12.3. The predicted octanol–water partition coefficient (Wildman–Crippen LogP) is 2.93. The second kappa shape index (κ2) is 4.96. The Balaban J connectivity index is 1.95. The predicted molar refractivity (Wildman–Crippen MR) is 85.6 cm³/mol. The molecule has 0 aliphatic heterocycles. The Morgan fingerprint density at radius 3 is 2.70 bits per heavy atom. The van der Waals surface area contributed by atoms with E-state index in [2.05, 4.69) is 15.3 Å². The van der Waals surface area contributed by atoms with Gasteiger partial charge in [0.25, 0.3) is 0 Å². The van der Waals surface area contributed by atoms with Gasteiger partial charge in [0.1, 0.15) is 17.1 Å². The number of nitrogens with zero attached hydrogens (tertiary/aromatic N) is 3. The molecule has 3 aromatic rings. The first-order valence-electron chi connectivity index (χ1n) is 7.19. The van der Waals surface area contributed by atoms with Crippen molar-refractivity contribution in [2.75, 3.05) is 0 Å². The van der Waals surface area contributed by atoms with E-state index in [1.54, 1.807) is 0 Å². The van der Waals surface area contributed by atoms with Gasteiger partial charge in [-0.15, -0.1) is 0 Å². The number of rotatable bonds is 2. The Labute approximate surface area is 136 Å². The number of halogens is 1. The van der Waals surface area contributed by atoms with E-state index in [1.165, 1.54) is 0 Å². The average molecular weight is 329 g/mol. The van der Waals surface area contributed by atoms with Gasteiger partial charge in [0.15, 0.2) is 0 Å². The van der Waals surface area contributed by atoms with Gasteiger partial charge in [-0.1, -0.05) is 23.7 Å². The van der Waals surface area contributed by atoms with E-state index in [-0.39, 0.29) is 5.69 Å². The molecule has 0 unspecified atom stereocenters. The van der Waals surface area contributed by atoms with E-state index in [0.29, 0.717) is 17.1 Å². The lowest BCUT2D eigenvalue weighted by Crippen LogP contribution is -2.09. The van der Waals surface area contributed by atoms with Gasteiger partial charge in [0.05, 0.1) is 5.56 Å². The molecule has 0 atom stereocenters. The topological polar surface area (TPSA) is 83.8 Å². The summed E-state index contributed by atoms with van der Waals surface area (Å²) >= 11 is 5.96. The third-order valence-corrected chi connectivity index (χ3v) is 4.47. The first-order valence-corrected chi connectivity index (χ1v) is 7.56. The minimum absolute atomic E-state index is 0.163. The number of hydrogen-bond donors (Lipinski definition) is 2. The van der Waals surface area contributed by atoms with Crippen LogP contribution in [0.3, 0.4) is 0 Å². The van der Waals surface area contributed by atoms with Crippen molar-refractivity contribution in [2.24, 2.45) is 7.05 Å². The van der Waals surface area contributed by atoms with Crippen molar-refractivity contribution in [1.29, 1.82) is 0 Å². The second-order valence-electron chi connectivity index (χ2n) is 5.53. The maximum absolute atomic E-state index is 11.3. The molecule has 0 fully saturated rings. The van der Waals surface area contributed by atoms with E-state index in [0.717, 1.165) is 34.5 Å². The normalized spacial score (nSPS) is 12.8. The van der Waals surface area contributed by atoms with Gasteiger partial charge in [-0.3, -0.25) is 9.78 Å². The number of carboxylic acid groups (broad SMARTS) is 1. The van der Waals surface area contributed by atoms with Crippen LogP contribution in [0.2, 0.25) is 5.02 Å². The molecule has 0 spiro atoms. The molecule has 0 bridgehead atoms. The monoisotopic (exact) mass is 328 g/mol. The van der Waals surface area contributed by atoms with Gasteiger partial charge in [0.2, 0.25) is 0 Å². The van der Waals surface area contributed by atoms with E-state index < -0.39 is 5.97 Å². The molecule has 2 N–H and O–H groups in total. The minimum Gasteiger partial charge on any atom is -0.477 e. The highest BCUT2D eigenvalue weighted by Gasteiger charge is 2.30. The first kappa shape index (κ1) is 14.0. The molecule has 1 aliphatic rings. The van der Waals surface area contributed by atoms with Crippen LogP contribution in [0.25, 0.3) is 22.5 Å². The number of benzene rings is 1. The highest BCUT2D eigenvalue weighted by Crippen LogP contribution is 2.40. The van der Waals surface area contributed by atoms with E-state index in [4.69, 9.17) is 11.6 Å². The van der Waals surface area contributed by atoms with Crippen molar-refractivity contribution in [3.8, 4) is 22.5 Å². The Morgan fingerprint density at radius 2 is 2.00 bits per heavy atom. The summed E-state index contributed by atoms with van der Waals surface area (Å²) in [4.78, 5) is 11.3. The Kier molecular flexibility index (Phi) is 3.02. The summed E-state index contributed by atoms with van der Waals surface area (Å²) < 4.78 is 1.84. The summed E-state index contributed by atoms with van der Waals surface area (Å²) in [6.45, 7) is 0. The van der Waals surface area contributed by atoms with Gasteiger partial charge in [-0.25, -0.2) is 4.79 Å². The lowest BCUT2D eigenvalue weighted by atomic mass is 9.90. The molecule has 7 heteroatoms. The largest absolute Gasteiger partial charge is 0.477 e. The van der Waals surface area contributed by atoms with Crippen LogP contribution in [0, 0.1) is 0 Å². The zero-order chi connectivity index (χ0) is 16.1. The maximum Gasteiger partial charge on any atom is 0.354 e. The number of aromatic amines is 1. The quantitative estimate of drug-likeness (QED) is 0.757. The molecule has 6 nitrogen and oxygen atoms in total. The molecule has 23 heavy (non-hydrogen) atoms. The van der Waals surface area contributed by atoms with Crippen LogP contribution in [0.5, 0.6) is 0 Å². The minimum atomic E-state index is -0.987. The van der Waals surface area contributed by atoms with Crippen LogP contribution in [-0.4, -0.2) is 31.1 Å². The summed E-state index contributed by atoms with van der Waals surface area (Å²) in [6, 6.07) is 7.44. The van der Waals surface area contributed by atoms with Crippen molar-refractivity contribution in [2.45, 2.75) is 12.8 Å². The number of nitrogens with one attached hydrogen (secondary N) is 1. The van der Waals surface area contributed by atoms with Crippen LogP contribution >= 0.6 is 11.6 Å². The van der Waals surface area contributed by atoms with Crippen molar-refractivity contribution >= 4 is 17.6 Å². The fraction of sp³-hybridized carbons (Fsp3) is 0.188. The van der Waals surface area contributed by atoms with Crippen molar-refractivity contribution in [3.63, 3.8) is 0 Å². The number of hydrogen-bond acceptors (Lipinski definition) is 3. The Morgan fingerprint density at radius 1 is 1.26 bits per heavy atom. The van der Waals surface area contributed by atoms with Crippen LogP contribution < -0.4 is 0 Å². The van der Waals surface area contributed by atoms with Gasteiger partial charge in [-0.05, 0) is 25.0 Å². The van der Waals surface area contributed by atoms with E-state index in [9.17, 15) is 9.90 Å². The van der Waals surface area contributed by atoms with Crippen LogP contribution in [0.4, 0.5) is 0 Å². The van der Waals surface area contributed by atoms with Gasteiger partial charge < -0.3 is 5.11 Å². The Hall–Kier alpha value is -2.60. The summed E-state index contributed by atoms with van der Waals surface area (Å²) in [5.74, 6) is -0.987. The first-order chi connectivity index (χ1) is 11.1. The molecule has 2 aromatic heterocycles. The molecule has 1 aliphatic carbocycles. The van der Waals surface area contributed by atoms with E-state index >= 15 is 0 Å². The zero-order valence-corrected chi connectivity index (χ0v) is 13.1. The van der Waals surface area contributed by atoms with Crippen molar-refractivity contribution < 1.29 is 9.90 Å². The highest BCUT2D eigenvalue weighted by molar-refractivity contribution is 6.30. The average Bonchev–Trinajstić information content (AvgIpc) is 3.09. The molecular formula is C16H13ClN4O2. The second-order valence-corrected chi connectivity index (χ2v) is 5.97. The third kappa shape index (κ3) is 2.06. The SMILES string of the molecule is Cn1nc(-c2ccc(Cl)cc2)c2c1CCc1c-2n[nH]c1C(=O)O. The highest BCUT2D eigenvalue weighted by atomic mass is 35.5. The number of aryl methyl sites for hydroxylation is 1. The summed E-state index contributed by atoms with van der Waals surface area (Å²) in [7, 11) is 1.90. The summed E-state index contributed by atoms with van der Waals surface area (Å²) in [6.07, 6.45) is 1.37. The molecule has 1 aromatic carbocycles. The molecule has 4 rings (SSSR count). The lowest BCUT2D eigenvalue weighted by Gasteiger charge is -2.13. The van der Waals surface area contributed by atoms with Crippen LogP contribution in [-0.2, 0) is 19.9 Å². The Bertz CT molecular complexity index is 924. The number of carbonyl (C=O) groups is 1. The maximum atomic E-state index is 11.3. The van der Waals surface area contributed by atoms with Crippen molar-refractivity contribution in [3.05, 3.63) is 46.2 Å². The van der Waals surface area contributed by atoms with E-state index in [1.807, 2.05) is 36.0 Å². The molecule has 116 valence electrons. The van der Waals surface area contributed by atoms with Gasteiger partial charge >= 0.3 is 5.97 Å².